The summed E-state index contributed by atoms with van der Waals surface area (Å²) in [6.07, 6.45) is 3.51. The van der Waals surface area contributed by atoms with Crippen molar-refractivity contribution < 1.29 is 14.4 Å². The quantitative estimate of drug-likeness (QED) is 0.806. The maximum Gasteiger partial charge on any atom is 0.251 e. The molecule has 1 aromatic carbocycles. The van der Waals surface area contributed by atoms with Crippen LogP contribution in [0.1, 0.15) is 18.9 Å². The highest BCUT2D eigenvalue weighted by Gasteiger charge is 2.39. The minimum absolute atomic E-state index is 0.118. The number of hydrogen-bond acceptors (Lipinski definition) is 5. The second kappa shape index (κ2) is 7.23. The van der Waals surface area contributed by atoms with Crippen molar-refractivity contribution in [3.63, 3.8) is 0 Å². The lowest BCUT2D eigenvalue weighted by Crippen LogP contribution is -2.38. The first-order valence-corrected chi connectivity index (χ1v) is 7.91. The lowest BCUT2D eigenvalue weighted by Gasteiger charge is -2.16. The Morgan fingerprint density at radius 2 is 2.00 bits per heavy atom. The SMILES string of the molecule is CC(=O)Nc1ccc(N2C(=O)C[C@H](NCc3cccnc3)C2=O)cc1. The molecule has 2 heterocycles. The van der Waals surface area contributed by atoms with Gasteiger partial charge in [-0.05, 0) is 35.9 Å². The Morgan fingerprint density at radius 3 is 2.64 bits per heavy atom. The molecule has 0 bridgehead atoms. The number of aromatic nitrogens is 1. The highest BCUT2D eigenvalue weighted by molar-refractivity contribution is 6.22. The molecule has 1 atom stereocenters. The molecule has 0 aliphatic carbocycles. The van der Waals surface area contributed by atoms with Gasteiger partial charge in [0, 0.05) is 31.5 Å². The van der Waals surface area contributed by atoms with Crippen LogP contribution in [0.5, 0.6) is 0 Å². The van der Waals surface area contributed by atoms with E-state index < -0.39 is 6.04 Å². The third-order valence-electron chi connectivity index (χ3n) is 3.87. The van der Waals surface area contributed by atoms with Gasteiger partial charge in [-0.1, -0.05) is 6.07 Å². The number of nitrogens with zero attached hydrogens (tertiary/aromatic N) is 2. The molecule has 1 saturated heterocycles. The molecule has 1 aromatic heterocycles. The van der Waals surface area contributed by atoms with E-state index in [4.69, 9.17) is 0 Å². The average Bonchev–Trinajstić information content (AvgIpc) is 2.88. The number of pyridine rings is 1. The third kappa shape index (κ3) is 3.89. The molecule has 2 aromatic rings. The topological polar surface area (TPSA) is 91.4 Å². The van der Waals surface area contributed by atoms with Crippen molar-refractivity contribution in [3.05, 3.63) is 54.4 Å². The van der Waals surface area contributed by atoms with Crippen LogP contribution in [0.15, 0.2) is 48.8 Å². The second-order valence-corrected chi connectivity index (χ2v) is 5.79. The van der Waals surface area contributed by atoms with Gasteiger partial charge in [0.05, 0.1) is 18.2 Å². The summed E-state index contributed by atoms with van der Waals surface area (Å²) in [5.74, 6) is -0.706. The number of amides is 3. The van der Waals surface area contributed by atoms with Crippen LogP contribution >= 0.6 is 0 Å². The van der Waals surface area contributed by atoms with Gasteiger partial charge in [-0.2, -0.15) is 0 Å². The van der Waals surface area contributed by atoms with Crippen molar-refractivity contribution in [2.45, 2.75) is 25.9 Å². The van der Waals surface area contributed by atoms with Gasteiger partial charge in [0.25, 0.3) is 5.91 Å². The summed E-state index contributed by atoms with van der Waals surface area (Å²) in [6, 6.07) is 9.78. The first-order valence-electron chi connectivity index (χ1n) is 7.91. The Labute approximate surface area is 145 Å². The molecule has 1 aliphatic rings. The average molecular weight is 338 g/mol. The van der Waals surface area contributed by atoms with Crippen LogP contribution in [0.3, 0.4) is 0 Å². The standard InChI is InChI=1S/C18H18N4O3/c1-12(23)21-14-4-6-15(7-5-14)22-17(24)9-16(18(22)25)20-11-13-3-2-8-19-10-13/h2-8,10,16,20H,9,11H2,1H3,(H,21,23)/t16-/m0/s1. The van der Waals surface area contributed by atoms with Gasteiger partial charge in [0.2, 0.25) is 11.8 Å². The number of imide groups is 1. The zero-order chi connectivity index (χ0) is 17.8. The minimum atomic E-state index is -0.553. The van der Waals surface area contributed by atoms with Gasteiger partial charge >= 0.3 is 0 Å². The molecule has 3 amide bonds. The molecule has 0 saturated carbocycles. The van der Waals surface area contributed by atoms with Crippen LogP contribution in [0, 0.1) is 0 Å². The number of nitrogens with one attached hydrogen (secondary N) is 2. The van der Waals surface area contributed by atoms with Crippen LogP contribution in [-0.4, -0.2) is 28.7 Å². The van der Waals surface area contributed by atoms with Gasteiger partial charge in [0.1, 0.15) is 0 Å². The maximum absolute atomic E-state index is 12.6. The van der Waals surface area contributed by atoms with E-state index in [0.717, 1.165) is 5.56 Å². The number of anilines is 2. The van der Waals surface area contributed by atoms with Gasteiger partial charge in [-0.3, -0.25) is 19.4 Å². The van der Waals surface area contributed by atoms with Gasteiger partial charge in [-0.25, -0.2) is 4.90 Å². The molecule has 128 valence electrons. The van der Waals surface area contributed by atoms with Crippen molar-refractivity contribution in [1.29, 1.82) is 0 Å². The van der Waals surface area contributed by atoms with Crippen LogP contribution < -0.4 is 15.5 Å². The molecule has 1 aliphatic heterocycles. The van der Waals surface area contributed by atoms with E-state index in [9.17, 15) is 14.4 Å². The molecule has 7 heteroatoms. The van der Waals surface area contributed by atoms with E-state index >= 15 is 0 Å². The highest BCUT2D eigenvalue weighted by Crippen LogP contribution is 2.24. The first kappa shape index (κ1) is 16.8. The molecular weight excluding hydrogens is 320 g/mol. The predicted molar refractivity (Wildman–Crippen MR) is 92.7 cm³/mol. The van der Waals surface area contributed by atoms with Crippen LogP contribution in [-0.2, 0) is 20.9 Å². The summed E-state index contributed by atoms with van der Waals surface area (Å²) in [5, 5.41) is 5.75. The molecule has 7 nitrogen and oxygen atoms in total. The Hall–Kier alpha value is -3.06. The summed E-state index contributed by atoms with van der Waals surface area (Å²) < 4.78 is 0. The van der Waals surface area contributed by atoms with Gasteiger partial charge < -0.3 is 10.6 Å². The number of carbonyl (C=O) groups excluding carboxylic acids is 3. The fraction of sp³-hybridized carbons (Fsp3) is 0.222. The molecular formula is C18H18N4O3. The van der Waals surface area contributed by atoms with E-state index in [1.165, 1.54) is 11.8 Å². The number of benzene rings is 1. The Bertz CT molecular complexity index is 790. The number of rotatable bonds is 5. The number of carbonyl (C=O) groups is 3. The van der Waals surface area contributed by atoms with Crippen molar-refractivity contribution >= 4 is 29.1 Å². The second-order valence-electron chi connectivity index (χ2n) is 5.79. The monoisotopic (exact) mass is 338 g/mol. The van der Waals surface area contributed by atoms with Crippen LogP contribution in [0.2, 0.25) is 0 Å². The minimum Gasteiger partial charge on any atom is -0.326 e. The van der Waals surface area contributed by atoms with E-state index in [-0.39, 0.29) is 24.1 Å². The normalized spacial score (nSPS) is 17.0. The fourth-order valence-corrected chi connectivity index (χ4v) is 2.70. The fourth-order valence-electron chi connectivity index (χ4n) is 2.70. The summed E-state index contributed by atoms with van der Waals surface area (Å²) in [4.78, 5) is 41.1. The molecule has 0 spiro atoms. The van der Waals surface area contributed by atoms with E-state index in [1.807, 2.05) is 12.1 Å². The molecule has 1 fully saturated rings. The third-order valence-corrected chi connectivity index (χ3v) is 3.87. The number of hydrogen-bond donors (Lipinski definition) is 2. The summed E-state index contributed by atoms with van der Waals surface area (Å²) >= 11 is 0. The smallest absolute Gasteiger partial charge is 0.251 e. The highest BCUT2D eigenvalue weighted by atomic mass is 16.2. The predicted octanol–water partition coefficient (Wildman–Crippen LogP) is 1.46. The largest absolute Gasteiger partial charge is 0.326 e. The van der Waals surface area contributed by atoms with Crippen molar-refractivity contribution in [2.75, 3.05) is 10.2 Å². The van der Waals surface area contributed by atoms with Crippen molar-refractivity contribution in [2.24, 2.45) is 0 Å². The summed E-state index contributed by atoms with van der Waals surface area (Å²) in [6.45, 7) is 1.88. The lowest BCUT2D eigenvalue weighted by atomic mass is 10.2. The Balaban J connectivity index is 1.67. The van der Waals surface area contributed by atoms with E-state index in [2.05, 4.69) is 15.6 Å². The van der Waals surface area contributed by atoms with Crippen LogP contribution in [0.25, 0.3) is 0 Å². The summed E-state index contributed by atoms with van der Waals surface area (Å²) in [5.41, 5.74) is 2.05. The molecule has 3 rings (SSSR count). The zero-order valence-electron chi connectivity index (χ0n) is 13.7. The van der Waals surface area contributed by atoms with Crippen molar-refractivity contribution in [3.8, 4) is 0 Å². The molecule has 0 radical (unpaired) electrons. The Kier molecular flexibility index (Phi) is 4.85. The molecule has 25 heavy (non-hydrogen) atoms. The van der Waals surface area contributed by atoms with E-state index in [1.54, 1.807) is 36.7 Å². The van der Waals surface area contributed by atoms with Gasteiger partial charge in [0.15, 0.2) is 0 Å². The van der Waals surface area contributed by atoms with Crippen molar-refractivity contribution in [1.82, 2.24) is 10.3 Å². The first-order chi connectivity index (χ1) is 12.0. The zero-order valence-corrected chi connectivity index (χ0v) is 13.7. The lowest BCUT2D eigenvalue weighted by molar-refractivity contribution is -0.121. The van der Waals surface area contributed by atoms with Gasteiger partial charge in [-0.15, -0.1) is 0 Å². The molecule has 2 N–H and O–H groups in total. The Morgan fingerprint density at radius 1 is 1.24 bits per heavy atom. The maximum atomic E-state index is 12.6. The van der Waals surface area contributed by atoms with E-state index in [0.29, 0.717) is 17.9 Å². The summed E-state index contributed by atoms with van der Waals surface area (Å²) in [7, 11) is 0. The van der Waals surface area contributed by atoms with Crippen LogP contribution in [0.4, 0.5) is 11.4 Å². The molecule has 0 unspecified atom stereocenters.